The van der Waals surface area contributed by atoms with E-state index in [1.54, 1.807) is 6.33 Å². The Labute approximate surface area is 169 Å². The van der Waals surface area contributed by atoms with Crippen LogP contribution in [0, 0.1) is 6.92 Å². The fourth-order valence-corrected chi connectivity index (χ4v) is 3.32. The molecule has 5 heteroatoms. The monoisotopic (exact) mass is 388 g/mol. The van der Waals surface area contributed by atoms with Gasteiger partial charge in [0.15, 0.2) is 0 Å². The summed E-state index contributed by atoms with van der Waals surface area (Å²) in [6, 6.07) is 22.3. The molecule has 4 nitrogen and oxygen atoms in total. The largest absolute Gasteiger partial charge is 0.368 e. The number of benzene rings is 3. The molecule has 140 valence electrons. The molecule has 0 spiro atoms. The second-order valence-electron chi connectivity index (χ2n) is 6.85. The van der Waals surface area contributed by atoms with Crippen LogP contribution in [0.25, 0.3) is 22.0 Å². The number of hydrogen-bond acceptors (Lipinski definition) is 4. The standard InChI is InChI=1S/C23H21ClN4/c1-15-6-7-19(11-20(15)24)22-12-23(28-14-27-22)26-13-21(25)18-9-8-16-4-2-3-5-17(16)10-18/h2-12,14,21H,13,25H2,1H3,(H,26,27,28)/t21-/m0/s1. The number of aryl methyl sites for hydroxylation is 1. The first-order valence-electron chi connectivity index (χ1n) is 9.17. The molecule has 0 bridgehead atoms. The maximum atomic E-state index is 6.40. The van der Waals surface area contributed by atoms with E-state index >= 15 is 0 Å². The van der Waals surface area contributed by atoms with Gasteiger partial charge in [0.1, 0.15) is 12.1 Å². The molecule has 0 unspecified atom stereocenters. The van der Waals surface area contributed by atoms with E-state index in [1.165, 1.54) is 10.8 Å². The lowest BCUT2D eigenvalue weighted by atomic mass is 10.0. The molecule has 1 atom stereocenters. The Morgan fingerprint density at radius 1 is 0.964 bits per heavy atom. The summed E-state index contributed by atoms with van der Waals surface area (Å²) in [6.45, 7) is 2.55. The third-order valence-electron chi connectivity index (χ3n) is 4.84. The zero-order chi connectivity index (χ0) is 19.5. The van der Waals surface area contributed by atoms with E-state index in [0.717, 1.165) is 33.2 Å². The Balaban J connectivity index is 1.48. The molecular formula is C23H21ClN4. The number of aromatic nitrogens is 2. The average Bonchev–Trinajstić information content (AvgIpc) is 2.74. The van der Waals surface area contributed by atoms with Crippen LogP contribution >= 0.6 is 11.6 Å². The summed E-state index contributed by atoms with van der Waals surface area (Å²) in [4.78, 5) is 8.67. The van der Waals surface area contributed by atoms with Gasteiger partial charge in [0.25, 0.3) is 0 Å². The zero-order valence-electron chi connectivity index (χ0n) is 15.6. The first-order chi connectivity index (χ1) is 13.6. The lowest BCUT2D eigenvalue weighted by molar-refractivity contribution is 0.763. The average molecular weight is 389 g/mol. The molecule has 28 heavy (non-hydrogen) atoms. The van der Waals surface area contributed by atoms with Gasteiger partial charge < -0.3 is 11.1 Å². The highest BCUT2D eigenvalue weighted by molar-refractivity contribution is 6.31. The van der Waals surface area contributed by atoms with Crippen molar-refractivity contribution < 1.29 is 0 Å². The van der Waals surface area contributed by atoms with Crippen molar-refractivity contribution in [3.05, 3.63) is 89.2 Å². The van der Waals surface area contributed by atoms with Gasteiger partial charge in [0.05, 0.1) is 5.69 Å². The van der Waals surface area contributed by atoms with Crippen LogP contribution in [-0.2, 0) is 0 Å². The predicted octanol–water partition coefficient (Wildman–Crippen LogP) is 5.37. The second kappa shape index (κ2) is 7.97. The number of nitrogens with one attached hydrogen (secondary N) is 1. The normalized spacial score (nSPS) is 12.1. The van der Waals surface area contributed by atoms with Gasteiger partial charge in [-0.05, 0) is 41.0 Å². The van der Waals surface area contributed by atoms with Crippen LogP contribution < -0.4 is 11.1 Å². The number of nitrogens with two attached hydrogens (primary N) is 1. The van der Waals surface area contributed by atoms with Crippen molar-refractivity contribution in [2.45, 2.75) is 13.0 Å². The number of anilines is 1. The van der Waals surface area contributed by atoms with E-state index in [-0.39, 0.29) is 6.04 Å². The van der Waals surface area contributed by atoms with Gasteiger partial charge in [-0.15, -0.1) is 0 Å². The molecule has 0 fully saturated rings. The first kappa shape index (κ1) is 18.4. The van der Waals surface area contributed by atoms with Crippen molar-refractivity contribution in [2.24, 2.45) is 5.73 Å². The first-order valence-corrected chi connectivity index (χ1v) is 9.55. The molecule has 0 saturated carbocycles. The van der Waals surface area contributed by atoms with E-state index in [2.05, 4.69) is 45.6 Å². The minimum Gasteiger partial charge on any atom is -0.368 e. The fourth-order valence-electron chi connectivity index (χ4n) is 3.13. The Hall–Kier alpha value is -2.95. The Morgan fingerprint density at radius 3 is 2.61 bits per heavy atom. The number of fused-ring (bicyclic) bond motifs is 1. The molecule has 4 rings (SSSR count). The number of hydrogen-bond donors (Lipinski definition) is 2. The Kier molecular flexibility index (Phi) is 5.24. The number of halogens is 1. The number of nitrogens with zero attached hydrogens (tertiary/aromatic N) is 2. The van der Waals surface area contributed by atoms with Crippen LogP contribution in [0.3, 0.4) is 0 Å². The minimum absolute atomic E-state index is 0.142. The Morgan fingerprint density at radius 2 is 1.79 bits per heavy atom. The highest BCUT2D eigenvalue weighted by atomic mass is 35.5. The van der Waals surface area contributed by atoms with E-state index < -0.39 is 0 Å². The molecule has 0 aliphatic rings. The van der Waals surface area contributed by atoms with Gasteiger partial charge in [-0.1, -0.05) is 60.1 Å². The third kappa shape index (κ3) is 3.98. The maximum absolute atomic E-state index is 6.40. The SMILES string of the molecule is Cc1ccc(-c2cc(NC[C@H](N)c3ccc4ccccc4c3)ncn2)cc1Cl. The molecule has 3 aromatic carbocycles. The van der Waals surface area contributed by atoms with Gasteiger partial charge in [-0.2, -0.15) is 0 Å². The summed E-state index contributed by atoms with van der Waals surface area (Å²) in [5.74, 6) is 0.734. The highest BCUT2D eigenvalue weighted by Gasteiger charge is 2.09. The van der Waals surface area contributed by atoms with Gasteiger partial charge in [-0.25, -0.2) is 9.97 Å². The summed E-state index contributed by atoms with van der Waals surface area (Å²) in [7, 11) is 0. The topological polar surface area (TPSA) is 63.8 Å². The van der Waals surface area contributed by atoms with E-state index in [0.29, 0.717) is 6.54 Å². The molecule has 0 aliphatic carbocycles. The van der Waals surface area contributed by atoms with Crippen LogP contribution in [0.5, 0.6) is 0 Å². The van der Waals surface area contributed by atoms with Gasteiger partial charge >= 0.3 is 0 Å². The van der Waals surface area contributed by atoms with Crippen LogP contribution in [-0.4, -0.2) is 16.5 Å². The van der Waals surface area contributed by atoms with Gasteiger partial charge in [0.2, 0.25) is 0 Å². The summed E-state index contributed by atoms with van der Waals surface area (Å²) in [5.41, 5.74) is 10.3. The summed E-state index contributed by atoms with van der Waals surface area (Å²) >= 11 is 6.24. The molecule has 0 radical (unpaired) electrons. The molecular weight excluding hydrogens is 368 g/mol. The summed E-state index contributed by atoms with van der Waals surface area (Å²) in [6.07, 6.45) is 1.55. The third-order valence-corrected chi connectivity index (χ3v) is 5.25. The fraction of sp³-hybridized carbons (Fsp3) is 0.130. The second-order valence-corrected chi connectivity index (χ2v) is 7.25. The Bertz CT molecular complexity index is 1130. The van der Waals surface area contributed by atoms with Gasteiger partial charge in [0, 0.05) is 29.2 Å². The maximum Gasteiger partial charge on any atom is 0.130 e. The van der Waals surface area contributed by atoms with Crippen LogP contribution in [0.2, 0.25) is 5.02 Å². The summed E-state index contributed by atoms with van der Waals surface area (Å²) in [5, 5.41) is 6.45. The minimum atomic E-state index is -0.142. The van der Waals surface area contributed by atoms with E-state index in [9.17, 15) is 0 Å². The summed E-state index contributed by atoms with van der Waals surface area (Å²) < 4.78 is 0. The smallest absolute Gasteiger partial charge is 0.130 e. The van der Waals surface area contributed by atoms with Crippen molar-refractivity contribution in [3.8, 4) is 11.3 Å². The van der Waals surface area contributed by atoms with Crippen LogP contribution in [0.4, 0.5) is 5.82 Å². The van der Waals surface area contributed by atoms with Crippen LogP contribution in [0.15, 0.2) is 73.1 Å². The quantitative estimate of drug-likeness (QED) is 0.482. The molecule has 0 saturated heterocycles. The molecule has 0 aliphatic heterocycles. The van der Waals surface area contributed by atoms with Crippen molar-refractivity contribution in [1.29, 1.82) is 0 Å². The van der Waals surface area contributed by atoms with Crippen molar-refractivity contribution in [3.63, 3.8) is 0 Å². The van der Waals surface area contributed by atoms with E-state index in [4.69, 9.17) is 17.3 Å². The van der Waals surface area contributed by atoms with Gasteiger partial charge in [-0.3, -0.25) is 0 Å². The van der Waals surface area contributed by atoms with Crippen molar-refractivity contribution in [1.82, 2.24) is 9.97 Å². The molecule has 1 aromatic heterocycles. The lowest BCUT2D eigenvalue weighted by Crippen LogP contribution is -2.21. The molecule has 1 heterocycles. The highest BCUT2D eigenvalue weighted by Crippen LogP contribution is 2.25. The van der Waals surface area contributed by atoms with Crippen LogP contribution in [0.1, 0.15) is 17.2 Å². The van der Waals surface area contributed by atoms with E-state index in [1.807, 2.05) is 43.3 Å². The molecule has 4 aromatic rings. The molecule has 3 N–H and O–H groups in total. The molecule has 0 amide bonds. The number of rotatable bonds is 5. The van der Waals surface area contributed by atoms with Crippen molar-refractivity contribution in [2.75, 3.05) is 11.9 Å². The zero-order valence-corrected chi connectivity index (χ0v) is 16.3. The predicted molar refractivity (Wildman–Crippen MR) is 117 cm³/mol. The lowest BCUT2D eigenvalue weighted by Gasteiger charge is -2.15. The van der Waals surface area contributed by atoms with Crippen molar-refractivity contribution >= 4 is 28.2 Å².